The van der Waals surface area contributed by atoms with Gasteiger partial charge in [-0.25, -0.2) is 8.42 Å². The second-order valence-electron chi connectivity index (χ2n) is 4.31. The second kappa shape index (κ2) is 6.23. The van der Waals surface area contributed by atoms with E-state index in [0.29, 0.717) is 21.3 Å². The quantitative estimate of drug-likeness (QED) is 0.871. The summed E-state index contributed by atoms with van der Waals surface area (Å²) in [6.07, 6.45) is 0. The minimum atomic E-state index is -3.74. The monoisotopic (exact) mass is 347 g/mol. The first kappa shape index (κ1) is 16.1. The number of rotatable bonds is 5. The Morgan fingerprint density at radius 1 is 1.38 bits per heavy atom. The van der Waals surface area contributed by atoms with Crippen molar-refractivity contribution in [1.82, 2.24) is 0 Å². The van der Waals surface area contributed by atoms with Crippen LogP contribution < -0.4 is 9.46 Å². The molecule has 0 radical (unpaired) electrons. The van der Waals surface area contributed by atoms with Gasteiger partial charge in [0.05, 0.1) is 24.3 Å². The first-order valence-corrected chi connectivity index (χ1v) is 8.66. The van der Waals surface area contributed by atoms with Gasteiger partial charge in [-0.15, -0.1) is 11.3 Å². The van der Waals surface area contributed by atoms with Gasteiger partial charge in [0.25, 0.3) is 10.0 Å². The molecule has 0 saturated carbocycles. The number of hydrogen-bond donors (Lipinski definition) is 2. The van der Waals surface area contributed by atoms with Gasteiger partial charge in [0.1, 0.15) is 5.75 Å². The van der Waals surface area contributed by atoms with Crippen molar-refractivity contribution in [2.45, 2.75) is 18.4 Å². The first-order chi connectivity index (χ1) is 9.87. The lowest BCUT2D eigenvalue weighted by Gasteiger charge is -2.13. The Hall–Kier alpha value is -1.28. The summed E-state index contributed by atoms with van der Waals surface area (Å²) in [7, 11) is -2.30. The van der Waals surface area contributed by atoms with Crippen molar-refractivity contribution in [2.24, 2.45) is 0 Å². The maximum absolute atomic E-state index is 12.3. The Balaban J connectivity index is 2.38. The largest absolute Gasteiger partial charge is 0.495 e. The highest BCUT2D eigenvalue weighted by atomic mass is 35.5. The summed E-state index contributed by atoms with van der Waals surface area (Å²) in [6.45, 7) is 1.58. The van der Waals surface area contributed by atoms with Gasteiger partial charge >= 0.3 is 0 Å². The predicted octanol–water partition coefficient (Wildman–Crippen LogP) is 3.01. The van der Waals surface area contributed by atoms with Crippen molar-refractivity contribution in [3.05, 3.63) is 39.0 Å². The minimum absolute atomic E-state index is 0.103. The van der Waals surface area contributed by atoms with Crippen LogP contribution in [0.3, 0.4) is 0 Å². The van der Waals surface area contributed by atoms with E-state index >= 15 is 0 Å². The van der Waals surface area contributed by atoms with E-state index in [1.165, 1.54) is 29.9 Å². The molecule has 2 N–H and O–H groups in total. The van der Waals surface area contributed by atoms with E-state index in [9.17, 15) is 8.42 Å². The van der Waals surface area contributed by atoms with Crippen LogP contribution >= 0.6 is 22.9 Å². The molecule has 1 aromatic heterocycles. The van der Waals surface area contributed by atoms with Crippen molar-refractivity contribution in [1.29, 1.82) is 0 Å². The Bertz CT molecular complexity index is 756. The van der Waals surface area contributed by atoms with E-state index < -0.39 is 10.0 Å². The molecular weight excluding hydrogens is 334 g/mol. The molecule has 2 rings (SSSR count). The topological polar surface area (TPSA) is 75.6 Å². The van der Waals surface area contributed by atoms with E-state index in [-0.39, 0.29) is 11.5 Å². The van der Waals surface area contributed by atoms with Crippen LogP contribution in [-0.4, -0.2) is 20.6 Å². The summed E-state index contributed by atoms with van der Waals surface area (Å²) in [4.78, 5) is 0.681. The van der Waals surface area contributed by atoms with Gasteiger partial charge in [0.2, 0.25) is 0 Å². The fraction of sp³-hybridized carbons (Fsp3) is 0.231. The summed E-state index contributed by atoms with van der Waals surface area (Å²) in [6, 6.07) is 4.60. The van der Waals surface area contributed by atoms with Crippen molar-refractivity contribution < 1.29 is 18.3 Å². The first-order valence-electron chi connectivity index (χ1n) is 5.92. The van der Waals surface area contributed by atoms with Crippen molar-refractivity contribution in [2.75, 3.05) is 11.8 Å². The molecule has 1 heterocycles. The normalized spacial score (nSPS) is 11.4. The van der Waals surface area contributed by atoms with Crippen LogP contribution in [0.4, 0.5) is 5.69 Å². The molecule has 0 unspecified atom stereocenters. The number of benzene rings is 1. The summed E-state index contributed by atoms with van der Waals surface area (Å²) in [5.74, 6) is 0.340. The average molecular weight is 348 g/mol. The third kappa shape index (κ3) is 3.49. The van der Waals surface area contributed by atoms with Crippen LogP contribution in [0.25, 0.3) is 0 Å². The molecule has 0 aliphatic heterocycles. The molecule has 2 aromatic rings. The highest BCUT2D eigenvalue weighted by molar-refractivity contribution is 7.92. The lowest BCUT2D eigenvalue weighted by atomic mass is 10.2. The third-order valence-electron chi connectivity index (χ3n) is 2.82. The van der Waals surface area contributed by atoms with Gasteiger partial charge in [-0.3, -0.25) is 4.72 Å². The number of anilines is 1. The molecular formula is C13H14ClNO4S2. The lowest BCUT2D eigenvalue weighted by molar-refractivity contribution is 0.285. The summed E-state index contributed by atoms with van der Waals surface area (Å²) in [5.41, 5.74) is 1.05. The Kier molecular flexibility index (Phi) is 4.77. The summed E-state index contributed by atoms with van der Waals surface area (Å²) in [5, 5.41) is 11.0. The van der Waals surface area contributed by atoms with E-state index in [2.05, 4.69) is 4.72 Å². The number of sulfonamides is 1. The fourth-order valence-electron chi connectivity index (χ4n) is 1.70. The van der Waals surface area contributed by atoms with Crippen molar-refractivity contribution in [3.63, 3.8) is 0 Å². The maximum atomic E-state index is 12.3. The number of aryl methyl sites for hydroxylation is 1. The predicted molar refractivity (Wildman–Crippen MR) is 83.8 cm³/mol. The maximum Gasteiger partial charge on any atom is 0.262 e. The second-order valence-corrected chi connectivity index (χ2v) is 7.40. The van der Waals surface area contributed by atoms with Crippen LogP contribution in [0, 0.1) is 6.92 Å². The highest BCUT2D eigenvalue weighted by Crippen LogP contribution is 2.33. The average Bonchev–Trinajstić information content (AvgIpc) is 2.92. The summed E-state index contributed by atoms with van der Waals surface area (Å²) < 4.78 is 32.3. The van der Waals surface area contributed by atoms with Gasteiger partial charge in [-0.1, -0.05) is 11.6 Å². The SMILES string of the molecule is COc1cc(Cl)c(C)cc1NS(=O)(=O)c1csc(CO)c1. The molecule has 0 fully saturated rings. The number of halogens is 1. The Labute approximate surface area is 132 Å². The Morgan fingerprint density at radius 2 is 2.10 bits per heavy atom. The lowest BCUT2D eigenvalue weighted by Crippen LogP contribution is -2.13. The van der Waals surface area contributed by atoms with Crippen LogP contribution in [0.1, 0.15) is 10.4 Å². The molecule has 0 amide bonds. The van der Waals surface area contributed by atoms with Crippen LogP contribution in [0.5, 0.6) is 5.75 Å². The third-order valence-corrected chi connectivity index (χ3v) is 5.64. The van der Waals surface area contributed by atoms with Gasteiger partial charge in [0, 0.05) is 21.3 Å². The smallest absolute Gasteiger partial charge is 0.262 e. The van der Waals surface area contributed by atoms with Crippen molar-refractivity contribution in [3.8, 4) is 5.75 Å². The molecule has 0 aliphatic carbocycles. The molecule has 114 valence electrons. The van der Waals surface area contributed by atoms with E-state index in [0.717, 1.165) is 5.56 Å². The van der Waals surface area contributed by atoms with Crippen molar-refractivity contribution >= 4 is 38.6 Å². The van der Waals surface area contributed by atoms with Gasteiger partial charge in [-0.2, -0.15) is 0 Å². The molecule has 0 saturated heterocycles. The van der Waals surface area contributed by atoms with E-state index in [1.807, 2.05) is 0 Å². The number of nitrogens with one attached hydrogen (secondary N) is 1. The molecule has 0 spiro atoms. The molecule has 21 heavy (non-hydrogen) atoms. The zero-order valence-electron chi connectivity index (χ0n) is 11.4. The molecule has 1 aromatic carbocycles. The van der Waals surface area contributed by atoms with Gasteiger partial charge in [0.15, 0.2) is 0 Å². The molecule has 0 atom stereocenters. The molecule has 5 nitrogen and oxygen atoms in total. The highest BCUT2D eigenvalue weighted by Gasteiger charge is 2.19. The van der Waals surface area contributed by atoms with Crippen LogP contribution in [0.2, 0.25) is 5.02 Å². The van der Waals surface area contributed by atoms with E-state index in [4.69, 9.17) is 21.4 Å². The van der Waals surface area contributed by atoms with Gasteiger partial charge in [-0.05, 0) is 24.6 Å². The van der Waals surface area contributed by atoms with E-state index in [1.54, 1.807) is 19.1 Å². The Morgan fingerprint density at radius 3 is 2.67 bits per heavy atom. The number of aliphatic hydroxyl groups excluding tert-OH is 1. The number of hydrogen-bond acceptors (Lipinski definition) is 5. The number of ether oxygens (including phenoxy) is 1. The molecule has 8 heteroatoms. The summed E-state index contributed by atoms with van der Waals surface area (Å²) >= 11 is 7.17. The van der Waals surface area contributed by atoms with Crippen LogP contribution in [0.15, 0.2) is 28.5 Å². The zero-order chi connectivity index (χ0) is 15.6. The number of aliphatic hydroxyl groups is 1. The zero-order valence-corrected chi connectivity index (χ0v) is 13.8. The fourth-order valence-corrected chi connectivity index (χ4v) is 4.05. The van der Waals surface area contributed by atoms with Crippen LogP contribution in [-0.2, 0) is 16.6 Å². The number of thiophene rings is 1. The number of methoxy groups -OCH3 is 1. The molecule has 0 aliphatic rings. The minimum Gasteiger partial charge on any atom is -0.495 e. The molecule has 0 bridgehead atoms. The van der Waals surface area contributed by atoms with Gasteiger partial charge < -0.3 is 9.84 Å². The standard InChI is InChI=1S/C13H14ClNO4S2/c1-8-3-12(13(19-2)5-11(8)14)15-21(17,18)10-4-9(6-16)20-7-10/h3-5,7,15-16H,6H2,1-2H3.